The van der Waals surface area contributed by atoms with Gasteiger partial charge in [-0.3, -0.25) is 9.69 Å². The zero-order valence-electron chi connectivity index (χ0n) is 16.1. The first-order chi connectivity index (χ1) is 14.3. The third kappa shape index (κ3) is 5.34. The number of halogens is 5. The van der Waals surface area contributed by atoms with Gasteiger partial charge in [0, 0.05) is 26.2 Å². The number of piperidine rings is 1. The molecule has 3 amide bonds. The van der Waals surface area contributed by atoms with Gasteiger partial charge in [-0.25, -0.2) is 22.4 Å². The summed E-state index contributed by atoms with van der Waals surface area (Å²) in [6, 6.07) is 3.04. The number of benzene rings is 1. The van der Waals surface area contributed by atoms with Crippen molar-refractivity contribution in [3.63, 3.8) is 0 Å². The minimum atomic E-state index is -3.08. The van der Waals surface area contributed by atoms with E-state index in [2.05, 4.69) is 10.6 Å². The molecule has 2 N–H and O–H groups in total. The van der Waals surface area contributed by atoms with Crippen LogP contribution in [-0.2, 0) is 4.79 Å². The first-order valence-corrected chi connectivity index (χ1v) is 10.1. The maximum absolute atomic E-state index is 13.7. The van der Waals surface area contributed by atoms with Crippen molar-refractivity contribution < 1.29 is 27.2 Å². The Morgan fingerprint density at radius 1 is 1.20 bits per heavy atom. The summed E-state index contributed by atoms with van der Waals surface area (Å²) in [6.45, 7) is 0.792. The van der Waals surface area contributed by atoms with Crippen LogP contribution in [-0.4, -0.2) is 67.2 Å². The lowest BCUT2D eigenvalue weighted by molar-refractivity contribution is -0.123. The summed E-state index contributed by atoms with van der Waals surface area (Å²) in [7, 11) is 0. The summed E-state index contributed by atoms with van der Waals surface area (Å²) < 4.78 is 52.6. The number of carbonyl (C=O) groups excluding carboxylic acids is 2. The smallest absolute Gasteiger partial charge is 0.318 e. The highest BCUT2D eigenvalue weighted by Crippen LogP contribution is 2.34. The number of urea groups is 1. The molecule has 2 atom stereocenters. The highest BCUT2D eigenvalue weighted by molar-refractivity contribution is 6.30. The first kappa shape index (κ1) is 22.6. The largest absolute Gasteiger partial charge is 0.353 e. The average Bonchev–Trinajstić information content (AvgIpc) is 2.73. The molecule has 0 aromatic heterocycles. The second-order valence-corrected chi connectivity index (χ2v) is 7.86. The van der Waals surface area contributed by atoms with Crippen LogP contribution in [0.2, 0.25) is 5.02 Å². The second-order valence-electron chi connectivity index (χ2n) is 7.45. The van der Waals surface area contributed by atoms with Crippen LogP contribution in [0.5, 0.6) is 0 Å². The minimum absolute atomic E-state index is 0.0842. The Hall–Kier alpha value is -2.07. The van der Waals surface area contributed by atoms with Gasteiger partial charge in [0.2, 0.25) is 12.2 Å². The first-order valence-electron chi connectivity index (χ1n) is 9.69. The van der Waals surface area contributed by atoms with Crippen molar-refractivity contribution in [2.45, 2.75) is 31.6 Å². The number of carbonyl (C=O) groups is 2. The molecule has 2 saturated heterocycles. The number of nitrogens with zero attached hydrogens (tertiary/aromatic N) is 2. The van der Waals surface area contributed by atoms with Gasteiger partial charge in [0.25, 0.3) is 6.43 Å². The Labute approximate surface area is 176 Å². The molecule has 30 heavy (non-hydrogen) atoms. The Kier molecular flexibility index (Phi) is 7.41. The number of alkyl halides is 3. The van der Waals surface area contributed by atoms with Crippen molar-refractivity contribution in [2.75, 3.05) is 32.7 Å². The van der Waals surface area contributed by atoms with Crippen LogP contribution >= 0.6 is 11.6 Å². The molecule has 2 aliphatic heterocycles. The number of likely N-dealkylation sites (tertiary alicyclic amines) is 1. The van der Waals surface area contributed by atoms with E-state index in [0.717, 1.165) is 4.90 Å². The van der Waals surface area contributed by atoms with Crippen molar-refractivity contribution in [3.05, 3.63) is 34.6 Å². The SMILES string of the molecule is O=C1CN(C(=O)N[C@H](c2ccc(F)c(Cl)c2)C2CCN(C(F)C(F)F)CC2)CCN1. The molecular weight excluding hydrogens is 428 g/mol. The van der Waals surface area contributed by atoms with E-state index in [-0.39, 0.29) is 36.5 Å². The predicted molar refractivity (Wildman–Crippen MR) is 102 cm³/mol. The van der Waals surface area contributed by atoms with Crippen LogP contribution in [0.25, 0.3) is 0 Å². The lowest BCUT2D eigenvalue weighted by Crippen LogP contribution is -2.54. The highest BCUT2D eigenvalue weighted by Gasteiger charge is 2.35. The van der Waals surface area contributed by atoms with Crippen LogP contribution in [0.1, 0.15) is 24.4 Å². The van der Waals surface area contributed by atoms with Gasteiger partial charge in [-0.05, 0) is 36.5 Å². The number of rotatable bonds is 5. The Morgan fingerprint density at radius 3 is 2.50 bits per heavy atom. The number of hydrogen-bond acceptors (Lipinski definition) is 3. The van der Waals surface area contributed by atoms with E-state index in [0.29, 0.717) is 31.5 Å². The van der Waals surface area contributed by atoms with Crippen molar-refractivity contribution >= 4 is 23.5 Å². The summed E-state index contributed by atoms with van der Waals surface area (Å²) in [4.78, 5) is 26.8. The van der Waals surface area contributed by atoms with E-state index in [1.165, 1.54) is 23.1 Å². The monoisotopic (exact) mass is 450 g/mol. The van der Waals surface area contributed by atoms with Crippen LogP contribution in [0.4, 0.5) is 22.4 Å². The summed E-state index contributed by atoms with van der Waals surface area (Å²) in [5, 5.41) is 5.40. The standard InChI is InChI=1S/C19H23ClF4N4O2/c20-13-9-12(1-2-14(13)21)16(26-19(30)28-8-5-25-15(29)10-28)11-3-6-27(7-4-11)18(24)17(22)23/h1-2,9,11,16-18H,3-8,10H2,(H,25,29)(H,26,30)/t16-,18?/m0/s1. The lowest BCUT2D eigenvalue weighted by atomic mass is 9.85. The highest BCUT2D eigenvalue weighted by atomic mass is 35.5. The normalized spacial score (nSPS) is 20.7. The van der Waals surface area contributed by atoms with E-state index >= 15 is 0 Å². The Bertz CT molecular complexity index is 777. The van der Waals surface area contributed by atoms with Crippen molar-refractivity contribution in [3.8, 4) is 0 Å². The van der Waals surface area contributed by atoms with Gasteiger partial charge in [0.05, 0.1) is 11.1 Å². The maximum Gasteiger partial charge on any atom is 0.318 e. The Morgan fingerprint density at radius 2 is 1.90 bits per heavy atom. The lowest BCUT2D eigenvalue weighted by Gasteiger charge is -2.38. The van der Waals surface area contributed by atoms with Gasteiger partial charge in [0.15, 0.2) is 0 Å². The zero-order chi connectivity index (χ0) is 21.8. The van der Waals surface area contributed by atoms with E-state index < -0.39 is 30.6 Å². The fourth-order valence-electron chi connectivity index (χ4n) is 3.87. The van der Waals surface area contributed by atoms with Crippen LogP contribution < -0.4 is 10.6 Å². The fourth-order valence-corrected chi connectivity index (χ4v) is 4.06. The second kappa shape index (κ2) is 9.82. The Balaban J connectivity index is 1.75. The zero-order valence-corrected chi connectivity index (χ0v) is 16.8. The van der Waals surface area contributed by atoms with E-state index in [1.54, 1.807) is 0 Å². The maximum atomic E-state index is 13.7. The van der Waals surface area contributed by atoms with Gasteiger partial charge in [-0.15, -0.1) is 0 Å². The third-order valence-corrected chi connectivity index (χ3v) is 5.80. The van der Waals surface area contributed by atoms with Crippen LogP contribution in [0.3, 0.4) is 0 Å². The van der Waals surface area contributed by atoms with Crippen molar-refractivity contribution in [1.29, 1.82) is 0 Å². The minimum Gasteiger partial charge on any atom is -0.353 e. The molecule has 2 heterocycles. The topological polar surface area (TPSA) is 64.7 Å². The van der Waals surface area contributed by atoms with Gasteiger partial charge in [-0.1, -0.05) is 17.7 Å². The predicted octanol–water partition coefficient (Wildman–Crippen LogP) is 2.93. The molecular formula is C19H23ClF4N4O2. The molecule has 3 rings (SSSR count). The summed E-state index contributed by atoms with van der Waals surface area (Å²) >= 11 is 5.91. The van der Waals surface area contributed by atoms with Crippen LogP contribution in [0.15, 0.2) is 18.2 Å². The summed E-state index contributed by atoms with van der Waals surface area (Å²) in [5.74, 6) is -1.08. The molecule has 1 aromatic rings. The number of amides is 3. The number of hydrogen-bond donors (Lipinski definition) is 2. The molecule has 0 aliphatic carbocycles. The molecule has 1 unspecified atom stereocenters. The molecule has 6 nitrogen and oxygen atoms in total. The van der Waals surface area contributed by atoms with Gasteiger partial charge < -0.3 is 15.5 Å². The van der Waals surface area contributed by atoms with Gasteiger partial charge in [-0.2, -0.15) is 0 Å². The average molecular weight is 451 g/mol. The molecule has 2 fully saturated rings. The quantitative estimate of drug-likeness (QED) is 0.535. The molecule has 1 aromatic carbocycles. The summed E-state index contributed by atoms with van der Waals surface area (Å²) in [5.41, 5.74) is 0.556. The van der Waals surface area contributed by atoms with Crippen molar-refractivity contribution in [1.82, 2.24) is 20.4 Å². The van der Waals surface area contributed by atoms with Crippen LogP contribution in [0, 0.1) is 11.7 Å². The van der Waals surface area contributed by atoms with E-state index in [1.807, 2.05) is 0 Å². The molecule has 0 bridgehead atoms. The van der Waals surface area contributed by atoms with Gasteiger partial charge in [0.1, 0.15) is 12.4 Å². The van der Waals surface area contributed by atoms with Gasteiger partial charge >= 0.3 is 6.03 Å². The molecule has 0 radical (unpaired) electrons. The summed E-state index contributed by atoms with van der Waals surface area (Å²) in [6.07, 6.45) is -4.70. The van der Waals surface area contributed by atoms with E-state index in [9.17, 15) is 27.2 Å². The molecule has 2 aliphatic rings. The number of nitrogens with one attached hydrogen (secondary N) is 2. The number of piperazine rings is 1. The molecule has 11 heteroatoms. The van der Waals surface area contributed by atoms with Crippen molar-refractivity contribution in [2.24, 2.45) is 5.92 Å². The molecule has 166 valence electrons. The third-order valence-electron chi connectivity index (χ3n) is 5.51. The fraction of sp³-hybridized carbons (Fsp3) is 0.579. The van der Waals surface area contributed by atoms with E-state index in [4.69, 9.17) is 11.6 Å². The molecule has 0 spiro atoms. The molecule has 0 saturated carbocycles.